The van der Waals surface area contributed by atoms with Gasteiger partial charge in [-0.2, -0.15) is 0 Å². The Morgan fingerprint density at radius 3 is 2.78 bits per heavy atom. The number of hydrogen-bond acceptors (Lipinski definition) is 1. The average Bonchev–Trinajstić information content (AvgIpc) is 2.94. The monoisotopic (exact) mass is 311 g/mol. The fraction of sp³-hybridized carbons (Fsp3) is 0.500. The molecule has 3 rings (SSSR count). The van der Waals surface area contributed by atoms with E-state index in [0.717, 1.165) is 18.8 Å². The molecule has 1 amide bonds. The van der Waals surface area contributed by atoms with Crippen molar-refractivity contribution in [2.45, 2.75) is 25.7 Å². The number of rotatable bonds is 2. The van der Waals surface area contributed by atoms with Gasteiger partial charge in [0.2, 0.25) is 5.91 Å². The summed E-state index contributed by atoms with van der Waals surface area (Å²) >= 11 is 3.20. The van der Waals surface area contributed by atoms with E-state index >= 15 is 0 Å². The van der Waals surface area contributed by atoms with Crippen LogP contribution in [0.25, 0.3) is 0 Å². The molecule has 0 aromatic heterocycles. The van der Waals surface area contributed by atoms with Crippen LogP contribution in [-0.4, -0.2) is 5.91 Å². The summed E-state index contributed by atoms with van der Waals surface area (Å²) in [4.78, 5) is 12.2. The van der Waals surface area contributed by atoms with Crippen LogP contribution in [0.1, 0.15) is 25.7 Å². The van der Waals surface area contributed by atoms with Gasteiger partial charge < -0.3 is 5.32 Å². The van der Waals surface area contributed by atoms with Crippen LogP contribution in [-0.2, 0) is 4.79 Å². The number of fused-ring (bicyclic) bond motifs is 2. The van der Waals surface area contributed by atoms with E-state index in [1.165, 1.54) is 18.9 Å². The van der Waals surface area contributed by atoms with Crippen molar-refractivity contribution < 1.29 is 9.18 Å². The van der Waals surface area contributed by atoms with Crippen LogP contribution in [0.3, 0.4) is 0 Å². The highest BCUT2D eigenvalue weighted by molar-refractivity contribution is 9.10. The summed E-state index contributed by atoms with van der Waals surface area (Å²) in [5.41, 5.74) is 0.283. The van der Waals surface area contributed by atoms with Gasteiger partial charge in [-0.25, -0.2) is 4.39 Å². The molecule has 96 valence electrons. The third kappa shape index (κ3) is 2.18. The van der Waals surface area contributed by atoms with Gasteiger partial charge in [-0.3, -0.25) is 4.79 Å². The lowest BCUT2D eigenvalue weighted by molar-refractivity contribution is -0.121. The standard InChI is InChI=1S/C14H15BrFNO/c15-10-3-4-13(12(16)7-10)17-14(18)11-6-8-1-2-9(11)5-8/h3-4,7-9,11H,1-2,5-6H2,(H,17,18). The lowest BCUT2D eigenvalue weighted by Gasteiger charge is -2.20. The average molecular weight is 312 g/mol. The highest BCUT2D eigenvalue weighted by atomic mass is 79.9. The first-order valence-electron chi connectivity index (χ1n) is 6.39. The van der Waals surface area contributed by atoms with Crippen LogP contribution in [0.2, 0.25) is 0 Å². The Hall–Kier alpha value is -0.900. The fourth-order valence-corrected chi connectivity index (χ4v) is 3.72. The molecule has 0 aliphatic heterocycles. The SMILES string of the molecule is O=C(Nc1ccc(Br)cc1F)C1CC2CCC1C2. The van der Waals surface area contributed by atoms with Gasteiger partial charge >= 0.3 is 0 Å². The number of amides is 1. The van der Waals surface area contributed by atoms with Crippen molar-refractivity contribution in [2.24, 2.45) is 17.8 Å². The van der Waals surface area contributed by atoms with E-state index < -0.39 is 0 Å². The van der Waals surface area contributed by atoms with Crippen molar-refractivity contribution in [3.63, 3.8) is 0 Å². The summed E-state index contributed by atoms with van der Waals surface area (Å²) in [5.74, 6) is 0.935. The quantitative estimate of drug-likeness (QED) is 0.880. The van der Waals surface area contributed by atoms with Gasteiger partial charge in [0.1, 0.15) is 5.82 Å². The third-order valence-electron chi connectivity index (χ3n) is 4.26. The number of carbonyl (C=O) groups excluding carboxylic acids is 1. The molecule has 2 saturated carbocycles. The molecule has 18 heavy (non-hydrogen) atoms. The van der Waals surface area contributed by atoms with E-state index in [0.29, 0.717) is 10.4 Å². The number of anilines is 1. The lowest BCUT2D eigenvalue weighted by atomic mass is 9.88. The van der Waals surface area contributed by atoms with Gasteiger partial charge in [-0.15, -0.1) is 0 Å². The van der Waals surface area contributed by atoms with Crippen molar-refractivity contribution in [1.29, 1.82) is 0 Å². The molecule has 3 atom stereocenters. The van der Waals surface area contributed by atoms with E-state index in [1.54, 1.807) is 12.1 Å². The normalized spacial score (nSPS) is 29.6. The number of nitrogens with one attached hydrogen (secondary N) is 1. The second-order valence-corrected chi connectivity index (χ2v) is 6.31. The largest absolute Gasteiger partial charge is 0.323 e. The number of halogens is 2. The van der Waals surface area contributed by atoms with Crippen molar-refractivity contribution in [3.05, 3.63) is 28.5 Å². The molecule has 1 N–H and O–H groups in total. The van der Waals surface area contributed by atoms with Crippen LogP contribution in [0.15, 0.2) is 22.7 Å². The predicted molar refractivity (Wildman–Crippen MR) is 71.7 cm³/mol. The molecule has 3 unspecified atom stereocenters. The molecule has 0 spiro atoms. The topological polar surface area (TPSA) is 29.1 Å². The summed E-state index contributed by atoms with van der Waals surface area (Å²) in [6, 6.07) is 4.71. The number of carbonyl (C=O) groups is 1. The Labute approximate surface area is 114 Å². The van der Waals surface area contributed by atoms with Gasteiger partial charge in [0, 0.05) is 10.4 Å². The molecule has 4 heteroatoms. The molecule has 2 fully saturated rings. The summed E-state index contributed by atoms with van der Waals surface area (Å²) in [5, 5.41) is 2.73. The maximum absolute atomic E-state index is 13.6. The van der Waals surface area contributed by atoms with Crippen LogP contribution in [0.5, 0.6) is 0 Å². The van der Waals surface area contributed by atoms with Gasteiger partial charge in [-0.05, 0) is 49.3 Å². The van der Waals surface area contributed by atoms with Crippen molar-refractivity contribution in [1.82, 2.24) is 0 Å². The first-order valence-corrected chi connectivity index (χ1v) is 7.18. The molecule has 0 heterocycles. The zero-order valence-corrected chi connectivity index (χ0v) is 11.5. The lowest BCUT2D eigenvalue weighted by Crippen LogP contribution is -2.27. The highest BCUT2D eigenvalue weighted by Gasteiger charge is 2.43. The molecule has 2 aliphatic carbocycles. The molecule has 0 saturated heterocycles. The fourth-order valence-electron chi connectivity index (χ4n) is 3.38. The molecule has 1 aromatic rings. The second-order valence-electron chi connectivity index (χ2n) is 5.39. The van der Waals surface area contributed by atoms with Gasteiger partial charge in [-0.1, -0.05) is 22.4 Å². The molecule has 0 radical (unpaired) electrons. The van der Waals surface area contributed by atoms with E-state index in [4.69, 9.17) is 0 Å². The smallest absolute Gasteiger partial charge is 0.227 e. The van der Waals surface area contributed by atoms with Gasteiger partial charge in [0.25, 0.3) is 0 Å². The molecular weight excluding hydrogens is 297 g/mol. The summed E-state index contributed by atoms with van der Waals surface area (Å²) in [6.45, 7) is 0. The van der Waals surface area contributed by atoms with Crippen molar-refractivity contribution in [2.75, 3.05) is 5.32 Å². The molecule has 2 aliphatic rings. The van der Waals surface area contributed by atoms with Gasteiger partial charge in [0.05, 0.1) is 5.69 Å². The molecular formula is C14H15BrFNO. The van der Waals surface area contributed by atoms with Crippen LogP contribution >= 0.6 is 15.9 Å². The first-order chi connectivity index (χ1) is 8.63. The molecule has 1 aromatic carbocycles. The maximum Gasteiger partial charge on any atom is 0.227 e. The first kappa shape index (κ1) is 12.2. The van der Waals surface area contributed by atoms with Crippen molar-refractivity contribution in [3.8, 4) is 0 Å². The third-order valence-corrected chi connectivity index (χ3v) is 4.76. The summed E-state index contributed by atoms with van der Waals surface area (Å²) < 4.78 is 14.3. The molecule has 2 bridgehead atoms. The molecule has 2 nitrogen and oxygen atoms in total. The van der Waals surface area contributed by atoms with Crippen LogP contribution < -0.4 is 5.32 Å². The Bertz CT molecular complexity index is 491. The number of hydrogen-bond donors (Lipinski definition) is 1. The Morgan fingerprint density at radius 1 is 1.33 bits per heavy atom. The van der Waals surface area contributed by atoms with Crippen molar-refractivity contribution >= 4 is 27.5 Å². The summed E-state index contributed by atoms with van der Waals surface area (Å²) in [7, 11) is 0. The van der Waals surface area contributed by atoms with Gasteiger partial charge in [0.15, 0.2) is 0 Å². The minimum Gasteiger partial charge on any atom is -0.323 e. The minimum absolute atomic E-state index is 0.0107. The van der Waals surface area contributed by atoms with Crippen LogP contribution in [0.4, 0.5) is 10.1 Å². The Morgan fingerprint density at radius 2 is 2.17 bits per heavy atom. The Balaban J connectivity index is 1.71. The van der Waals surface area contributed by atoms with E-state index in [-0.39, 0.29) is 23.3 Å². The zero-order valence-electron chi connectivity index (χ0n) is 9.96. The van der Waals surface area contributed by atoms with E-state index in [1.807, 2.05) is 0 Å². The van der Waals surface area contributed by atoms with Crippen LogP contribution in [0, 0.1) is 23.6 Å². The van der Waals surface area contributed by atoms with E-state index in [9.17, 15) is 9.18 Å². The maximum atomic E-state index is 13.6. The van der Waals surface area contributed by atoms with E-state index in [2.05, 4.69) is 21.2 Å². The zero-order chi connectivity index (χ0) is 12.7. The number of benzene rings is 1. The highest BCUT2D eigenvalue weighted by Crippen LogP contribution is 2.48. The predicted octanol–water partition coefficient (Wildman–Crippen LogP) is 3.96. The summed E-state index contributed by atoms with van der Waals surface area (Å²) in [6.07, 6.45) is 4.59. The minimum atomic E-state index is -0.388. The second kappa shape index (κ2) is 4.65. The Kier molecular flexibility index (Phi) is 3.14.